The third kappa shape index (κ3) is 3.68. The molecule has 2 rings (SSSR count). The summed E-state index contributed by atoms with van der Waals surface area (Å²) in [7, 11) is 0. The van der Waals surface area contributed by atoms with Crippen molar-refractivity contribution in [2.75, 3.05) is 0 Å². The van der Waals surface area contributed by atoms with Gasteiger partial charge in [-0.05, 0) is 33.1 Å². The van der Waals surface area contributed by atoms with Gasteiger partial charge in [-0.1, -0.05) is 104 Å². The van der Waals surface area contributed by atoms with Gasteiger partial charge in [-0.25, -0.2) is 0 Å². The summed E-state index contributed by atoms with van der Waals surface area (Å²) in [6.45, 7) is 18.4. The van der Waals surface area contributed by atoms with E-state index in [2.05, 4.69) is 104 Å². The fraction of sp³-hybridized carbons (Fsp3) is 0.478. The molecular weight excluding hydrogens is 276 g/mol. The van der Waals surface area contributed by atoms with E-state index in [0.29, 0.717) is 0 Å². The monoisotopic (exact) mass is 308 g/mol. The second-order valence-electron chi connectivity index (χ2n) is 9.25. The SMILES string of the molecule is CC(C)(C)c1ccc(C(C)(C)c2ccccc2C(C)(C)C)cc1. The van der Waals surface area contributed by atoms with Crippen LogP contribution in [0.15, 0.2) is 48.5 Å². The van der Waals surface area contributed by atoms with E-state index in [1.807, 2.05) is 0 Å². The Labute approximate surface area is 143 Å². The van der Waals surface area contributed by atoms with Gasteiger partial charge in [-0.2, -0.15) is 0 Å². The molecule has 0 aliphatic heterocycles. The predicted molar refractivity (Wildman–Crippen MR) is 102 cm³/mol. The molecule has 0 nitrogen and oxygen atoms in total. The first-order chi connectivity index (χ1) is 10.4. The van der Waals surface area contributed by atoms with Gasteiger partial charge in [0.25, 0.3) is 0 Å². The summed E-state index contributed by atoms with van der Waals surface area (Å²) in [5, 5.41) is 0. The van der Waals surface area contributed by atoms with Crippen LogP contribution in [0.5, 0.6) is 0 Å². The van der Waals surface area contributed by atoms with E-state index in [1.54, 1.807) is 0 Å². The third-order valence-electron chi connectivity index (χ3n) is 4.88. The second-order valence-corrected chi connectivity index (χ2v) is 9.25. The lowest BCUT2D eigenvalue weighted by atomic mass is 9.71. The molecule has 0 aromatic heterocycles. The first-order valence-corrected chi connectivity index (χ1v) is 8.65. The van der Waals surface area contributed by atoms with Crippen molar-refractivity contribution in [2.24, 2.45) is 0 Å². The van der Waals surface area contributed by atoms with E-state index in [1.165, 1.54) is 22.3 Å². The first kappa shape index (κ1) is 17.8. The second kappa shape index (κ2) is 5.82. The lowest BCUT2D eigenvalue weighted by Gasteiger charge is -2.33. The van der Waals surface area contributed by atoms with Crippen LogP contribution < -0.4 is 0 Å². The quantitative estimate of drug-likeness (QED) is 0.585. The van der Waals surface area contributed by atoms with Crippen LogP contribution in [0.25, 0.3) is 0 Å². The van der Waals surface area contributed by atoms with Gasteiger partial charge >= 0.3 is 0 Å². The molecule has 0 saturated carbocycles. The summed E-state index contributed by atoms with van der Waals surface area (Å²) < 4.78 is 0. The van der Waals surface area contributed by atoms with Gasteiger partial charge < -0.3 is 0 Å². The minimum absolute atomic E-state index is 0.000285. The number of benzene rings is 2. The Hall–Kier alpha value is -1.56. The molecular formula is C23H32. The standard InChI is InChI=1S/C23H32/c1-21(2,3)17-13-15-18(16-14-17)23(7,8)20-12-10-9-11-19(20)22(4,5)6/h9-16H,1-8H3. The molecule has 0 saturated heterocycles. The Bertz CT molecular complexity index is 658. The van der Waals surface area contributed by atoms with Gasteiger partial charge in [0.05, 0.1) is 0 Å². The molecule has 2 aromatic carbocycles. The Kier molecular flexibility index (Phi) is 4.50. The predicted octanol–water partition coefficient (Wildman–Crippen LogP) is 6.61. The highest BCUT2D eigenvalue weighted by Gasteiger charge is 2.29. The molecule has 0 aliphatic carbocycles. The lowest BCUT2D eigenvalue weighted by molar-refractivity contribution is 0.548. The fourth-order valence-electron chi connectivity index (χ4n) is 3.22. The van der Waals surface area contributed by atoms with E-state index < -0.39 is 0 Å². The summed E-state index contributed by atoms with van der Waals surface area (Å²) in [5.74, 6) is 0. The molecule has 0 N–H and O–H groups in total. The Morgan fingerprint density at radius 3 is 1.35 bits per heavy atom. The summed E-state index contributed by atoms with van der Waals surface area (Å²) in [5.41, 5.74) is 5.98. The van der Waals surface area contributed by atoms with Gasteiger partial charge in [0.2, 0.25) is 0 Å². The van der Waals surface area contributed by atoms with Crippen LogP contribution in [0.1, 0.15) is 77.6 Å². The molecule has 124 valence electrons. The molecule has 0 heteroatoms. The van der Waals surface area contributed by atoms with E-state index in [-0.39, 0.29) is 16.2 Å². The van der Waals surface area contributed by atoms with Gasteiger partial charge in [-0.3, -0.25) is 0 Å². The number of hydrogen-bond donors (Lipinski definition) is 0. The van der Waals surface area contributed by atoms with E-state index in [9.17, 15) is 0 Å². The highest BCUT2D eigenvalue weighted by Crippen LogP contribution is 2.38. The van der Waals surface area contributed by atoms with Gasteiger partial charge in [0.1, 0.15) is 0 Å². The van der Waals surface area contributed by atoms with Crippen molar-refractivity contribution in [1.82, 2.24) is 0 Å². The molecule has 0 unspecified atom stereocenters. The van der Waals surface area contributed by atoms with E-state index in [4.69, 9.17) is 0 Å². The summed E-state index contributed by atoms with van der Waals surface area (Å²) in [6.07, 6.45) is 0. The van der Waals surface area contributed by atoms with Crippen LogP contribution >= 0.6 is 0 Å². The third-order valence-corrected chi connectivity index (χ3v) is 4.88. The normalized spacial score (nSPS) is 13.2. The minimum atomic E-state index is 0.000285. The van der Waals surface area contributed by atoms with Crippen LogP contribution in [-0.4, -0.2) is 0 Å². The highest BCUT2D eigenvalue weighted by atomic mass is 14.3. The van der Waals surface area contributed by atoms with Crippen LogP contribution in [0, 0.1) is 0 Å². The maximum atomic E-state index is 2.34. The topological polar surface area (TPSA) is 0 Å². The molecule has 0 aliphatic rings. The van der Waals surface area contributed by atoms with Crippen molar-refractivity contribution in [3.63, 3.8) is 0 Å². The molecule has 23 heavy (non-hydrogen) atoms. The smallest absolute Gasteiger partial charge is 0.0149 e. The molecule has 0 atom stereocenters. The Morgan fingerprint density at radius 1 is 0.478 bits per heavy atom. The van der Waals surface area contributed by atoms with E-state index in [0.717, 1.165) is 0 Å². The maximum Gasteiger partial charge on any atom is 0.0149 e. The van der Waals surface area contributed by atoms with Crippen molar-refractivity contribution in [3.8, 4) is 0 Å². The number of hydrogen-bond acceptors (Lipinski definition) is 0. The molecule has 0 fully saturated rings. The Balaban J connectivity index is 2.51. The van der Waals surface area contributed by atoms with Gasteiger partial charge in [0, 0.05) is 5.41 Å². The molecule has 2 aromatic rings. The first-order valence-electron chi connectivity index (χ1n) is 8.65. The van der Waals surface area contributed by atoms with Gasteiger partial charge in [0.15, 0.2) is 0 Å². The van der Waals surface area contributed by atoms with Crippen molar-refractivity contribution in [1.29, 1.82) is 0 Å². The van der Waals surface area contributed by atoms with E-state index >= 15 is 0 Å². The zero-order valence-corrected chi connectivity index (χ0v) is 16.1. The zero-order valence-electron chi connectivity index (χ0n) is 16.1. The summed E-state index contributed by atoms with van der Waals surface area (Å²) in [6, 6.07) is 18.1. The molecule has 0 bridgehead atoms. The highest BCUT2D eigenvalue weighted by molar-refractivity contribution is 5.45. The minimum Gasteiger partial charge on any atom is -0.0620 e. The summed E-state index contributed by atoms with van der Waals surface area (Å²) in [4.78, 5) is 0. The van der Waals surface area contributed by atoms with Crippen molar-refractivity contribution in [3.05, 3.63) is 70.8 Å². The summed E-state index contributed by atoms with van der Waals surface area (Å²) >= 11 is 0. The largest absolute Gasteiger partial charge is 0.0620 e. The molecule has 0 radical (unpaired) electrons. The molecule has 0 spiro atoms. The van der Waals surface area contributed by atoms with Crippen LogP contribution in [0.4, 0.5) is 0 Å². The number of rotatable bonds is 2. The van der Waals surface area contributed by atoms with Crippen molar-refractivity contribution < 1.29 is 0 Å². The van der Waals surface area contributed by atoms with Crippen molar-refractivity contribution >= 4 is 0 Å². The van der Waals surface area contributed by atoms with Crippen LogP contribution in [0.3, 0.4) is 0 Å². The average Bonchev–Trinajstić information content (AvgIpc) is 2.45. The lowest BCUT2D eigenvalue weighted by Crippen LogP contribution is -2.25. The zero-order chi connectivity index (χ0) is 17.5. The Morgan fingerprint density at radius 2 is 0.913 bits per heavy atom. The molecule has 0 amide bonds. The van der Waals surface area contributed by atoms with Crippen LogP contribution in [0.2, 0.25) is 0 Å². The average molecular weight is 309 g/mol. The fourth-order valence-corrected chi connectivity index (χ4v) is 3.22. The van der Waals surface area contributed by atoms with Gasteiger partial charge in [-0.15, -0.1) is 0 Å². The van der Waals surface area contributed by atoms with Crippen molar-refractivity contribution in [2.45, 2.75) is 71.6 Å². The van der Waals surface area contributed by atoms with Crippen LogP contribution in [-0.2, 0) is 16.2 Å². The molecule has 0 heterocycles. The maximum absolute atomic E-state index is 2.34.